The zero-order valence-corrected chi connectivity index (χ0v) is 9.95. The number of hydrogen-bond acceptors (Lipinski definition) is 4. The highest BCUT2D eigenvalue weighted by atomic mass is 32.1. The van der Waals surface area contributed by atoms with Crippen LogP contribution < -0.4 is 10.2 Å². The molecule has 2 heterocycles. The van der Waals surface area contributed by atoms with E-state index in [-0.39, 0.29) is 5.43 Å². The van der Waals surface area contributed by atoms with Gasteiger partial charge in [-0.1, -0.05) is 6.07 Å². The maximum atomic E-state index is 12.3. The van der Waals surface area contributed by atoms with Gasteiger partial charge in [0, 0.05) is 11.6 Å². The molecule has 0 aliphatic heterocycles. The fourth-order valence-electron chi connectivity index (χ4n) is 1.85. The van der Waals surface area contributed by atoms with Crippen molar-refractivity contribution in [3.05, 3.63) is 46.8 Å². The molecule has 84 valence electrons. The van der Waals surface area contributed by atoms with Crippen LogP contribution in [0.4, 0.5) is 0 Å². The Morgan fingerprint density at radius 3 is 2.82 bits per heavy atom. The van der Waals surface area contributed by atoms with Gasteiger partial charge in [-0.3, -0.25) is 4.79 Å². The first-order valence-electron chi connectivity index (χ1n) is 5.16. The van der Waals surface area contributed by atoms with Gasteiger partial charge < -0.3 is 4.74 Å². The predicted octanol–water partition coefficient (Wildman–Crippen LogP) is 2.82. The average molecular weight is 243 g/mol. The van der Waals surface area contributed by atoms with Crippen molar-refractivity contribution in [1.82, 2.24) is 4.98 Å². The van der Waals surface area contributed by atoms with Gasteiger partial charge in [-0.25, -0.2) is 4.98 Å². The number of nitrogens with zero attached hydrogens (tertiary/aromatic N) is 1. The molecule has 3 nitrogen and oxygen atoms in total. The second-order valence-corrected chi connectivity index (χ2v) is 4.62. The van der Waals surface area contributed by atoms with E-state index in [1.807, 2.05) is 18.2 Å². The molecule has 0 fully saturated rings. The molecule has 0 spiro atoms. The second kappa shape index (κ2) is 3.82. The van der Waals surface area contributed by atoms with E-state index in [1.165, 1.54) is 11.3 Å². The largest absolute Gasteiger partial charge is 0.495 e. The van der Waals surface area contributed by atoms with Crippen LogP contribution in [0.25, 0.3) is 20.3 Å². The van der Waals surface area contributed by atoms with E-state index in [4.69, 9.17) is 4.74 Å². The summed E-state index contributed by atoms with van der Waals surface area (Å²) in [6, 6.07) is 9.09. The molecule has 0 aliphatic carbocycles. The van der Waals surface area contributed by atoms with Crippen molar-refractivity contribution < 1.29 is 4.74 Å². The summed E-state index contributed by atoms with van der Waals surface area (Å²) in [5.74, 6) is 0.720. The van der Waals surface area contributed by atoms with Gasteiger partial charge in [-0.15, -0.1) is 11.3 Å². The van der Waals surface area contributed by atoms with Crippen LogP contribution in [0, 0.1) is 0 Å². The Labute approximate surface area is 101 Å². The topological polar surface area (TPSA) is 39.2 Å². The van der Waals surface area contributed by atoms with Gasteiger partial charge in [0.05, 0.1) is 17.2 Å². The molecule has 0 N–H and O–H groups in total. The number of methoxy groups -OCH3 is 1. The van der Waals surface area contributed by atoms with Crippen LogP contribution in [0.5, 0.6) is 5.75 Å². The lowest BCUT2D eigenvalue weighted by Crippen LogP contribution is -2.02. The van der Waals surface area contributed by atoms with Crippen molar-refractivity contribution in [1.29, 1.82) is 0 Å². The van der Waals surface area contributed by atoms with E-state index in [1.54, 1.807) is 25.4 Å². The summed E-state index contributed by atoms with van der Waals surface area (Å²) in [4.78, 5) is 17.2. The summed E-state index contributed by atoms with van der Waals surface area (Å²) in [5.41, 5.74) is 0.0146. The number of ether oxygens (including phenoxy) is 1. The molecule has 3 aromatic rings. The molecule has 1 aromatic carbocycles. The molecule has 0 radical (unpaired) electrons. The Morgan fingerprint density at radius 2 is 2.00 bits per heavy atom. The third kappa shape index (κ3) is 1.49. The first kappa shape index (κ1) is 10.2. The highest BCUT2D eigenvalue weighted by Crippen LogP contribution is 2.30. The second-order valence-electron chi connectivity index (χ2n) is 3.62. The standard InChI is InChI=1S/C13H9NO2S/c1-16-10-6-2-4-8-11(15)9-5-3-7-14-13(9)17-12(8)10/h2-7H,1H3. The van der Waals surface area contributed by atoms with E-state index in [9.17, 15) is 4.79 Å². The fraction of sp³-hybridized carbons (Fsp3) is 0.0769. The van der Waals surface area contributed by atoms with Crippen LogP contribution in [0.1, 0.15) is 0 Å². The number of hydrogen-bond donors (Lipinski definition) is 0. The molecule has 4 heteroatoms. The molecular formula is C13H9NO2S. The highest BCUT2D eigenvalue weighted by Gasteiger charge is 2.09. The molecule has 0 saturated heterocycles. The van der Waals surface area contributed by atoms with Gasteiger partial charge in [0.1, 0.15) is 10.6 Å². The third-order valence-corrected chi connectivity index (χ3v) is 3.80. The zero-order chi connectivity index (χ0) is 11.8. The smallest absolute Gasteiger partial charge is 0.197 e. The first-order chi connectivity index (χ1) is 8.31. The van der Waals surface area contributed by atoms with Crippen LogP contribution in [0.3, 0.4) is 0 Å². The van der Waals surface area contributed by atoms with Crippen LogP contribution in [0.15, 0.2) is 41.3 Å². The van der Waals surface area contributed by atoms with Crippen molar-refractivity contribution in [2.75, 3.05) is 7.11 Å². The number of aromatic nitrogens is 1. The monoisotopic (exact) mass is 243 g/mol. The van der Waals surface area contributed by atoms with Gasteiger partial charge in [0.2, 0.25) is 0 Å². The molecule has 0 amide bonds. The zero-order valence-electron chi connectivity index (χ0n) is 9.14. The Kier molecular flexibility index (Phi) is 2.30. The van der Waals surface area contributed by atoms with Crippen molar-refractivity contribution in [3.63, 3.8) is 0 Å². The third-order valence-electron chi connectivity index (χ3n) is 2.66. The van der Waals surface area contributed by atoms with Crippen LogP contribution >= 0.6 is 11.3 Å². The minimum Gasteiger partial charge on any atom is -0.495 e. The lowest BCUT2D eigenvalue weighted by Gasteiger charge is -2.04. The lowest BCUT2D eigenvalue weighted by atomic mass is 10.2. The lowest BCUT2D eigenvalue weighted by molar-refractivity contribution is 0.420. The molecule has 3 rings (SSSR count). The first-order valence-corrected chi connectivity index (χ1v) is 5.97. The summed E-state index contributed by atoms with van der Waals surface area (Å²) in [5, 5.41) is 1.35. The normalized spacial score (nSPS) is 10.9. The van der Waals surface area contributed by atoms with E-state index >= 15 is 0 Å². The van der Waals surface area contributed by atoms with Gasteiger partial charge in [0.15, 0.2) is 5.43 Å². The molecule has 0 saturated carbocycles. The quantitative estimate of drug-likeness (QED) is 0.617. The van der Waals surface area contributed by atoms with Crippen LogP contribution in [0.2, 0.25) is 0 Å². The Hall–Kier alpha value is -1.94. The Bertz CT molecular complexity index is 764. The van der Waals surface area contributed by atoms with E-state index in [0.717, 1.165) is 15.3 Å². The van der Waals surface area contributed by atoms with Crippen LogP contribution in [-0.2, 0) is 0 Å². The van der Waals surface area contributed by atoms with E-state index in [2.05, 4.69) is 4.98 Å². The van der Waals surface area contributed by atoms with Gasteiger partial charge in [-0.2, -0.15) is 0 Å². The van der Waals surface area contributed by atoms with E-state index < -0.39 is 0 Å². The fourth-order valence-corrected chi connectivity index (χ4v) is 2.95. The molecule has 0 atom stereocenters. The number of benzene rings is 1. The highest BCUT2D eigenvalue weighted by molar-refractivity contribution is 7.24. The van der Waals surface area contributed by atoms with Crippen molar-refractivity contribution in [3.8, 4) is 5.75 Å². The maximum absolute atomic E-state index is 12.3. The summed E-state index contributed by atoms with van der Waals surface area (Å²) in [6.07, 6.45) is 1.69. The summed E-state index contributed by atoms with van der Waals surface area (Å²) < 4.78 is 6.13. The number of pyridine rings is 1. The predicted molar refractivity (Wildman–Crippen MR) is 69.9 cm³/mol. The van der Waals surface area contributed by atoms with Crippen molar-refractivity contribution in [2.45, 2.75) is 0 Å². The van der Waals surface area contributed by atoms with Crippen molar-refractivity contribution in [2.24, 2.45) is 0 Å². The average Bonchev–Trinajstić information content (AvgIpc) is 2.38. The summed E-state index contributed by atoms with van der Waals surface area (Å²) in [7, 11) is 1.61. The van der Waals surface area contributed by atoms with Crippen LogP contribution in [-0.4, -0.2) is 12.1 Å². The molecule has 0 unspecified atom stereocenters. The van der Waals surface area contributed by atoms with Crippen molar-refractivity contribution >= 4 is 31.6 Å². The van der Waals surface area contributed by atoms with Gasteiger partial charge in [-0.05, 0) is 24.3 Å². The molecule has 0 aliphatic rings. The Morgan fingerprint density at radius 1 is 1.18 bits per heavy atom. The minimum absolute atomic E-state index is 0.0146. The van der Waals surface area contributed by atoms with Gasteiger partial charge in [0.25, 0.3) is 0 Å². The SMILES string of the molecule is COc1cccc2c(=O)c3cccnc3sc12. The molecule has 0 bridgehead atoms. The summed E-state index contributed by atoms with van der Waals surface area (Å²) >= 11 is 1.48. The molecular weight excluding hydrogens is 234 g/mol. The maximum Gasteiger partial charge on any atom is 0.197 e. The Balaban J connectivity index is 2.59. The summed E-state index contributed by atoms with van der Waals surface area (Å²) in [6.45, 7) is 0. The minimum atomic E-state index is 0.0146. The van der Waals surface area contributed by atoms with Gasteiger partial charge >= 0.3 is 0 Å². The number of fused-ring (bicyclic) bond motifs is 2. The number of rotatable bonds is 1. The molecule has 17 heavy (non-hydrogen) atoms. The van der Waals surface area contributed by atoms with E-state index in [0.29, 0.717) is 10.8 Å². The molecule has 2 aromatic heterocycles.